The van der Waals surface area contributed by atoms with Crippen molar-refractivity contribution in [1.29, 1.82) is 0 Å². The van der Waals surface area contributed by atoms with Crippen molar-refractivity contribution >= 4 is 17.5 Å². The zero-order chi connectivity index (χ0) is 26.0. The summed E-state index contributed by atoms with van der Waals surface area (Å²) >= 11 is 6.01. The second kappa shape index (κ2) is 10.9. The van der Waals surface area contributed by atoms with Crippen LogP contribution in [-0.2, 0) is 10.3 Å². The van der Waals surface area contributed by atoms with Crippen molar-refractivity contribution < 1.29 is 23.8 Å². The first-order valence-electron chi connectivity index (χ1n) is 11.7. The fourth-order valence-electron chi connectivity index (χ4n) is 4.94. The number of hydrogen-bond acceptors (Lipinski definition) is 5. The fourth-order valence-corrected chi connectivity index (χ4v) is 5.10. The number of aliphatic hydroxyl groups is 2. The number of rotatable bonds is 8. The van der Waals surface area contributed by atoms with Crippen LogP contribution in [0.3, 0.4) is 0 Å². The molecule has 35 heavy (non-hydrogen) atoms. The summed E-state index contributed by atoms with van der Waals surface area (Å²) in [5, 5.41) is 25.0. The molecule has 0 radical (unpaired) electrons. The predicted octanol–water partition coefficient (Wildman–Crippen LogP) is 3.19. The third-order valence-electron chi connectivity index (χ3n) is 6.50. The summed E-state index contributed by atoms with van der Waals surface area (Å²) in [5.41, 5.74) is 6.12. The van der Waals surface area contributed by atoms with Gasteiger partial charge in [0.25, 0.3) is 0 Å². The van der Waals surface area contributed by atoms with Crippen LogP contribution >= 0.6 is 11.6 Å². The van der Waals surface area contributed by atoms with Crippen molar-refractivity contribution in [2.75, 3.05) is 13.2 Å². The molecule has 3 rings (SSSR count). The van der Waals surface area contributed by atoms with Gasteiger partial charge in [0, 0.05) is 29.1 Å². The van der Waals surface area contributed by atoms with E-state index in [0.717, 1.165) is 0 Å². The lowest BCUT2D eigenvalue weighted by Crippen LogP contribution is -2.52. The Morgan fingerprint density at radius 1 is 1.26 bits per heavy atom. The van der Waals surface area contributed by atoms with Gasteiger partial charge < -0.3 is 26.6 Å². The lowest BCUT2D eigenvalue weighted by atomic mass is 9.68. The van der Waals surface area contributed by atoms with Gasteiger partial charge >= 0.3 is 0 Å². The van der Waals surface area contributed by atoms with E-state index in [-0.39, 0.29) is 29.0 Å². The lowest BCUT2D eigenvalue weighted by molar-refractivity contribution is -0.123. The first-order chi connectivity index (χ1) is 16.4. The van der Waals surface area contributed by atoms with E-state index in [1.54, 1.807) is 12.1 Å². The molecule has 0 bridgehead atoms. The molecule has 1 heterocycles. The first-order valence-corrected chi connectivity index (χ1v) is 12.1. The Morgan fingerprint density at radius 3 is 2.57 bits per heavy atom. The van der Waals surface area contributed by atoms with Crippen LogP contribution in [0, 0.1) is 17.0 Å². The average Bonchev–Trinajstić information content (AvgIpc) is 3.04. The Kier molecular flexibility index (Phi) is 8.55. The number of halogens is 3. The number of carbonyl (C=O) groups excluding carboxylic acids is 1. The summed E-state index contributed by atoms with van der Waals surface area (Å²) in [7, 11) is 0. The molecule has 1 aliphatic heterocycles. The van der Waals surface area contributed by atoms with Gasteiger partial charge in [-0.1, -0.05) is 50.6 Å². The van der Waals surface area contributed by atoms with Crippen molar-refractivity contribution in [3.63, 3.8) is 0 Å². The minimum absolute atomic E-state index is 0.116. The highest BCUT2D eigenvalue weighted by molar-refractivity contribution is 6.30. The number of carbonyl (C=O) groups is 1. The monoisotopic (exact) mass is 509 g/mol. The highest BCUT2D eigenvalue weighted by Gasteiger charge is 2.57. The molecule has 0 aliphatic carbocycles. The van der Waals surface area contributed by atoms with Crippen LogP contribution in [0.2, 0.25) is 5.02 Å². The summed E-state index contributed by atoms with van der Waals surface area (Å²) in [6.45, 7) is 5.76. The van der Waals surface area contributed by atoms with E-state index in [9.17, 15) is 14.3 Å². The van der Waals surface area contributed by atoms with Gasteiger partial charge in [-0.25, -0.2) is 8.78 Å². The summed E-state index contributed by atoms with van der Waals surface area (Å²) in [6, 6.07) is 8.65. The zero-order valence-corrected chi connectivity index (χ0v) is 20.9. The Balaban J connectivity index is 2.12. The molecular weight excluding hydrogens is 476 g/mol. The second-order valence-electron chi connectivity index (χ2n) is 10.5. The zero-order valence-electron chi connectivity index (χ0n) is 20.2. The van der Waals surface area contributed by atoms with E-state index < -0.39 is 53.8 Å². The molecular formula is C26H34ClF2N3O3. The Morgan fingerprint density at radius 2 is 1.97 bits per heavy atom. The predicted molar refractivity (Wildman–Crippen MR) is 132 cm³/mol. The molecule has 0 saturated carbocycles. The summed E-state index contributed by atoms with van der Waals surface area (Å²) < 4.78 is 29.7. The Labute approximate surface area is 209 Å². The molecule has 0 unspecified atom stereocenters. The van der Waals surface area contributed by atoms with Crippen molar-refractivity contribution in [3.05, 3.63) is 70.2 Å². The molecule has 1 fully saturated rings. The van der Waals surface area contributed by atoms with Crippen LogP contribution in [0.1, 0.15) is 50.7 Å². The molecule has 0 spiro atoms. The maximum atomic E-state index is 15.4. The lowest BCUT2D eigenvalue weighted by Gasteiger charge is -2.39. The van der Waals surface area contributed by atoms with Gasteiger partial charge in [0.2, 0.25) is 5.91 Å². The number of amides is 1. The highest BCUT2D eigenvalue weighted by atomic mass is 35.5. The van der Waals surface area contributed by atoms with Gasteiger partial charge in [-0.3, -0.25) is 4.79 Å². The van der Waals surface area contributed by atoms with Crippen LogP contribution in [-0.4, -0.2) is 47.5 Å². The molecule has 0 aromatic heterocycles. The van der Waals surface area contributed by atoms with Crippen LogP contribution in [0.5, 0.6) is 0 Å². The van der Waals surface area contributed by atoms with Gasteiger partial charge in [-0.05, 0) is 48.1 Å². The maximum absolute atomic E-state index is 15.4. The van der Waals surface area contributed by atoms with Gasteiger partial charge in [-0.15, -0.1) is 0 Å². The van der Waals surface area contributed by atoms with Crippen LogP contribution < -0.4 is 16.4 Å². The Hall–Kier alpha value is -2.10. The van der Waals surface area contributed by atoms with Crippen molar-refractivity contribution in [1.82, 2.24) is 10.6 Å². The maximum Gasteiger partial charge on any atom is 0.237 e. The van der Waals surface area contributed by atoms with E-state index in [0.29, 0.717) is 12.0 Å². The van der Waals surface area contributed by atoms with E-state index in [2.05, 4.69) is 10.6 Å². The van der Waals surface area contributed by atoms with E-state index in [1.807, 2.05) is 20.8 Å². The summed E-state index contributed by atoms with van der Waals surface area (Å²) in [5.74, 6) is -2.32. The molecule has 1 aliphatic rings. The quantitative estimate of drug-likeness (QED) is 0.375. The highest BCUT2D eigenvalue weighted by Crippen LogP contribution is 2.48. The smallest absolute Gasteiger partial charge is 0.237 e. The van der Waals surface area contributed by atoms with Gasteiger partial charge in [0.1, 0.15) is 11.6 Å². The SMILES string of the molecule is CC(C)(C)C[C@@H]1N[C@@H](C(=O)NCC[C@H](O)CO)[C@H](c2cccc(F)c2)[C@@]1(N)c1ccc(Cl)cc1F. The normalized spacial score (nSPS) is 25.5. The average molecular weight is 510 g/mol. The van der Waals surface area contributed by atoms with Crippen molar-refractivity contribution in [2.24, 2.45) is 11.1 Å². The number of aliphatic hydroxyl groups excluding tert-OH is 2. The number of hydrogen-bond donors (Lipinski definition) is 5. The molecule has 6 nitrogen and oxygen atoms in total. The first kappa shape index (κ1) is 27.5. The molecule has 1 amide bonds. The largest absolute Gasteiger partial charge is 0.394 e. The third-order valence-corrected chi connectivity index (χ3v) is 6.73. The van der Waals surface area contributed by atoms with E-state index in [4.69, 9.17) is 22.4 Å². The van der Waals surface area contributed by atoms with Crippen LogP contribution in [0.25, 0.3) is 0 Å². The topological polar surface area (TPSA) is 108 Å². The Bertz CT molecular complexity index is 1050. The second-order valence-corrected chi connectivity index (χ2v) is 10.9. The molecule has 192 valence electrons. The number of benzene rings is 2. The van der Waals surface area contributed by atoms with Crippen molar-refractivity contribution in [3.8, 4) is 0 Å². The summed E-state index contributed by atoms with van der Waals surface area (Å²) in [4.78, 5) is 13.4. The standard InChI is InChI=1S/C26H34ClF2N3O3/c1-25(2,3)13-21-26(30,19-8-7-16(27)12-20(19)29)22(15-5-4-6-17(28)11-15)23(32-21)24(35)31-10-9-18(34)14-33/h4-8,11-12,18,21-23,32-34H,9-10,13-14,30H2,1-3H3,(H,31,35)/t18-,21-,22-,23+,26+/m0/s1. The fraction of sp³-hybridized carbons (Fsp3) is 0.500. The molecule has 1 saturated heterocycles. The molecule has 2 aromatic carbocycles. The minimum Gasteiger partial charge on any atom is -0.394 e. The van der Waals surface area contributed by atoms with E-state index >= 15 is 4.39 Å². The summed E-state index contributed by atoms with van der Waals surface area (Å²) in [6.07, 6.45) is -0.300. The van der Waals surface area contributed by atoms with E-state index in [1.165, 1.54) is 30.3 Å². The molecule has 5 atom stereocenters. The number of nitrogens with two attached hydrogens (primary N) is 1. The van der Waals surface area contributed by atoms with Gasteiger partial charge in [0.15, 0.2) is 0 Å². The van der Waals surface area contributed by atoms with Crippen LogP contribution in [0.15, 0.2) is 42.5 Å². The third kappa shape index (κ3) is 6.19. The van der Waals surface area contributed by atoms with Gasteiger partial charge in [-0.2, -0.15) is 0 Å². The number of nitrogens with one attached hydrogen (secondary N) is 2. The minimum atomic E-state index is -1.41. The molecule has 2 aromatic rings. The molecule has 6 N–H and O–H groups in total. The van der Waals surface area contributed by atoms with Gasteiger partial charge in [0.05, 0.1) is 24.3 Å². The van der Waals surface area contributed by atoms with Crippen LogP contribution in [0.4, 0.5) is 8.78 Å². The molecule has 9 heteroatoms. The van der Waals surface area contributed by atoms with Crippen molar-refractivity contribution in [2.45, 2.75) is 63.3 Å².